The standard InChI is InChI=1S/C9H9ClN6O3S/c10-8-13-7(14-9(11)15-8)4-1-2-6(20(17,18)19)5(3-4)16-12/h1-3,16H,12H2,(H,17,18,19)(H2,11,13,14,15). The summed E-state index contributed by atoms with van der Waals surface area (Å²) in [5.41, 5.74) is 7.97. The third-order valence-electron chi connectivity index (χ3n) is 2.30. The number of aromatic nitrogens is 3. The molecule has 1 aromatic heterocycles. The van der Waals surface area contributed by atoms with Gasteiger partial charge in [0.15, 0.2) is 5.82 Å². The van der Waals surface area contributed by atoms with Gasteiger partial charge in [-0.3, -0.25) is 10.4 Å². The molecule has 106 valence electrons. The van der Waals surface area contributed by atoms with Crippen molar-refractivity contribution in [3.63, 3.8) is 0 Å². The number of hydrazine groups is 1. The number of benzene rings is 1. The first-order valence-electron chi connectivity index (χ1n) is 5.07. The lowest BCUT2D eigenvalue weighted by Gasteiger charge is -2.08. The Kier molecular flexibility index (Phi) is 3.72. The minimum absolute atomic E-state index is 0.0277. The zero-order valence-electron chi connectivity index (χ0n) is 9.78. The predicted molar refractivity (Wildman–Crippen MR) is 72.3 cm³/mol. The lowest BCUT2D eigenvalue weighted by atomic mass is 10.2. The molecule has 1 heterocycles. The molecule has 0 aliphatic carbocycles. The molecule has 2 rings (SSSR count). The van der Waals surface area contributed by atoms with Crippen molar-refractivity contribution in [3.8, 4) is 11.4 Å². The molecule has 0 spiro atoms. The SMILES string of the molecule is NNc1cc(-c2nc(N)nc(Cl)n2)ccc1S(=O)(=O)O. The van der Waals surface area contributed by atoms with Crippen LogP contribution in [-0.4, -0.2) is 27.9 Å². The molecule has 0 fully saturated rings. The quantitative estimate of drug-likeness (QED) is 0.355. The summed E-state index contributed by atoms with van der Waals surface area (Å²) in [6, 6.07) is 3.84. The predicted octanol–water partition coefficient (Wildman–Crippen LogP) is 0.307. The summed E-state index contributed by atoms with van der Waals surface area (Å²) in [5.74, 6) is 5.28. The number of nitrogens with two attached hydrogens (primary N) is 2. The highest BCUT2D eigenvalue weighted by atomic mass is 35.5. The summed E-state index contributed by atoms with van der Waals surface area (Å²) >= 11 is 5.66. The summed E-state index contributed by atoms with van der Waals surface area (Å²) in [4.78, 5) is 10.9. The van der Waals surface area contributed by atoms with Gasteiger partial charge in [0.2, 0.25) is 11.2 Å². The van der Waals surface area contributed by atoms with Gasteiger partial charge in [0.1, 0.15) is 4.90 Å². The van der Waals surface area contributed by atoms with E-state index in [1.54, 1.807) is 0 Å². The van der Waals surface area contributed by atoms with Gasteiger partial charge in [0.05, 0.1) is 5.69 Å². The third kappa shape index (κ3) is 2.93. The van der Waals surface area contributed by atoms with Gasteiger partial charge in [-0.2, -0.15) is 23.4 Å². The highest BCUT2D eigenvalue weighted by Crippen LogP contribution is 2.26. The summed E-state index contributed by atoms with van der Waals surface area (Å²) in [5, 5.41) is -0.103. The van der Waals surface area contributed by atoms with E-state index in [9.17, 15) is 8.42 Å². The number of nitrogens with zero attached hydrogens (tertiary/aromatic N) is 3. The van der Waals surface area contributed by atoms with Crippen LogP contribution in [0.4, 0.5) is 11.6 Å². The molecule has 1 aromatic carbocycles. The first-order valence-corrected chi connectivity index (χ1v) is 6.88. The molecular formula is C9H9ClN6O3S. The van der Waals surface area contributed by atoms with Crippen molar-refractivity contribution in [1.82, 2.24) is 15.0 Å². The van der Waals surface area contributed by atoms with E-state index in [2.05, 4.69) is 20.4 Å². The molecule has 0 saturated heterocycles. The summed E-state index contributed by atoms with van der Waals surface area (Å²) in [6.45, 7) is 0. The van der Waals surface area contributed by atoms with Crippen LogP contribution in [0.3, 0.4) is 0 Å². The van der Waals surface area contributed by atoms with Crippen LogP contribution in [0.25, 0.3) is 11.4 Å². The maximum absolute atomic E-state index is 11.1. The zero-order valence-corrected chi connectivity index (χ0v) is 11.4. The third-order valence-corrected chi connectivity index (χ3v) is 3.38. The van der Waals surface area contributed by atoms with Crippen LogP contribution >= 0.6 is 11.6 Å². The monoisotopic (exact) mass is 316 g/mol. The van der Waals surface area contributed by atoms with E-state index in [4.69, 9.17) is 27.7 Å². The van der Waals surface area contributed by atoms with Gasteiger partial charge in [-0.25, -0.2) is 0 Å². The van der Waals surface area contributed by atoms with Crippen molar-refractivity contribution in [3.05, 3.63) is 23.5 Å². The second kappa shape index (κ2) is 5.17. The van der Waals surface area contributed by atoms with Crippen LogP contribution < -0.4 is 17.0 Å². The highest BCUT2D eigenvalue weighted by molar-refractivity contribution is 7.86. The Hall–Kier alpha value is -2.01. The zero-order chi connectivity index (χ0) is 14.9. The maximum atomic E-state index is 11.1. The average Bonchev–Trinajstić information content (AvgIpc) is 2.35. The van der Waals surface area contributed by atoms with E-state index in [0.717, 1.165) is 6.07 Å². The van der Waals surface area contributed by atoms with Crippen molar-refractivity contribution in [2.24, 2.45) is 5.84 Å². The molecule has 0 atom stereocenters. The van der Waals surface area contributed by atoms with E-state index in [0.29, 0.717) is 5.56 Å². The number of hydrogen-bond donors (Lipinski definition) is 4. The van der Waals surface area contributed by atoms with E-state index in [1.807, 2.05) is 0 Å². The minimum Gasteiger partial charge on any atom is -0.368 e. The minimum atomic E-state index is -4.41. The van der Waals surface area contributed by atoms with Gasteiger partial charge < -0.3 is 11.2 Å². The molecule has 0 saturated carbocycles. The van der Waals surface area contributed by atoms with E-state index >= 15 is 0 Å². The molecule has 11 heteroatoms. The molecule has 0 amide bonds. The van der Waals surface area contributed by atoms with E-state index < -0.39 is 10.1 Å². The molecule has 9 nitrogen and oxygen atoms in total. The Bertz CT molecular complexity index is 746. The van der Waals surface area contributed by atoms with Gasteiger partial charge in [-0.1, -0.05) is 0 Å². The second-order valence-electron chi connectivity index (χ2n) is 3.62. The fourth-order valence-electron chi connectivity index (χ4n) is 1.50. The molecule has 0 bridgehead atoms. The van der Waals surface area contributed by atoms with Crippen LogP contribution in [0.15, 0.2) is 23.1 Å². The molecule has 0 radical (unpaired) electrons. The lowest BCUT2D eigenvalue weighted by molar-refractivity contribution is 0.483. The van der Waals surface area contributed by atoms with Gasteiger partial charge >= 0.3 is 0 Å². The smallest absolute Gasteiger partial charge is 0.296 e. The first-order chi connectivity index (χ1) is 9.31. The Labute approximate surface area is 118 Å². The van der Waals surface area contributed by atoms with Gasteiger partial charge in [-0.15, -0.1) is 0 Å². The number of nitrogens with one attached hydrogen (secondary N) is 1. The van der Waals surface area contributed by atoms with Crippen LogP contribution in [0.1, 0.15) is 0 Å². The topological polar surface area (TPSA) is 157 Å². The summed E-state index contributed by atoms with van der Waals surface area (Å²) in [6.07, 6.45) is 0. The number of hydrogen-bond acceptors (Lipinski definition) is 8. The molecule has 2 aromatic rings. The largest absolute Gasteiger partial charge is 0.368 e. The highest BCUT2D eigenvalue weighted by Gasteiger charge is 2.17. The number of anilines is 2. The Morgan fingerprint density at radius 3 is 2.50 bits per heavy atom. The van der Waals surface area contributed by atoms with E-state index in [-0.39, 0.29) is 27.6 Å². The molecular weight excluding hydrogens is 308 g/mol. The average molecular weight is 317 g/mol. The Balaban J connectivity index is 2.60. The Morgan fingerprint density at radius 2 is 1.95 bits per heavy atom. The maximum Gasteiger partial charge on any atom is 0.296 e. The van der Waals surface area contributed by atoms with Crippen molar-refractivity contribution in [2.75, 3.05) is 11.2 Å². The number of rotatable bonds is 3. The fourth-order valence-corrected chi connectivity index (χ4v) is 2.30. The van der Waals surface area contributed by atoms with Gasteiger partial charge in [-0.05, 0) is 29.8 Å². The molecule has 0 aliphatic heterocycles. The van der Waals surface area contributed by atoms with Crippen LogP contribution in [-0.2, 0) is 10.1 Å². The molecule has 20 heavy (non-hydrogen) atoms. The van der Waals surface area contributed by atoms with Crippen molar-refractivity contribution in [1.29, 1.82) is 0 Å². The van der Waals surface area contributed by atoms with Crippen molar-refractivity contribution >= 4 is 33.4 Å². The summed E-state index contributed by atoms with van der Waals surface area (Å²) in [7, 11) is -4.41. The first kappa shape index (κ1) is 14.4. The van der Waals surface area contributed by atoms with E-state index in [1.165, 1.54) is 12.1 Å². The molecule has 0 aliphatic rings. The van der Waals surface area contributed by atoms with Crippen LogP contribution in [0.5, 0.6) is 0 Å². The van der Waals surface area contributed by atoms with Crippen molar-refractivity contribution in [2.45, 2.75) is 4.90 Å². The number of nitrogen functional groups attached to an aromatic ring is 2. The summed E-state index contributed by atoms with van der Waals surface area (Å²) < 4.78 is 31.3. The molecule has 6 N–H and O–H groups in total. The van der Waals surface area contributed by atoms with Crippen LogP contribution in [0, 0.1) is 0 Å². The second-order valence-corrected chi connectivity index (χ2v) is 5.34. The fraction of sp³-hybridized carbons (Fsp3) is 0. The van der Waals surface area contributed by atoms with Gasteiger partial charge in [0.25, 0.3) is 10.1 Å². The normalized spacial score (nSPS) is 11.3. The van der Waals surface area contributed by atoms with Crippen molar-refractivity contribution < 1.29 is 13.0 Å². The number of halogens is 1. The lowest BCUT2D eigenvalue weighted by Crippen LogP contribution is -2.12. The molecule has 0 unspecified atom stereocenters. The Morgan fingerprint density at radius 1 is 1.25 bits per heavy atom. The van der Waals surface area contributed by atoms with Gasteiger partial charge in [0, 0.05) is 5.56 Å². The van der Waals surface area contributed by atoms with Crippen LogP contribution in [0.2, 0.25) is 5.28 Å².